The molecule has 1 aromatic heterocycles. The van der Waals surface area contributed by atoms with E-state index in [-0.39, 0.29) is 24.2 Å². The van der Waals surface area contributed by atoms with Crippen LogP contribution >= 0.6 is 0 Å². The van der Waals surface area contributed by atoms with E-state index >= 15 is 0 Å². The Hall–Kier alpha value is -2.48. The van der Waals surface area contributed by atoms with Crippen molar-refractivity contribution >= 4 is 22.8 Å². The number of carbonyl (C=O) groups excluding carboxylic acids is 2. The summed E-state index contributed by atoms with van der Waals surface area (Å²) in [7, 11) is 0. The number of nitrogens with zero attached hydrogens (tertiary/aromatic N) is 2. The van der Waals surface area contributed by atoms with Crippen LogP contribution in [-0.4, -0.2) is 59.0 Å². The molecule has 0 aliphatic carbocycles. The van der Waals surface area contributed by atoms with Gasteiger partial charge in [-0.2, -0.15) is 0 Å². The fraction of sp³-hybridized carbons (Fsp3) is 0.438. The summed E-state index contributed by atoms with van der Waals surface area (Å²) < 4.78 is 18.5. The predicted octanol–water partition coefficient (Wildman–Crippen LogP) is 0.608. The van der Waals surface area contributed by atoms with Crippen LogP contribution in [0.15, 0.2) is 18.2 Å². The lowest BCUT2D eigenvalue weighted by Crippen LogP contribution is -2.55. The molecule has 1 saturated heterocycles. The van der Waals surface area contributed by atoms with E-state index in [0.717, 1.165) is 0 Å². The molecule has 0 bridgehead atoms. The second-order valence-electron chi connectivity index (χ2n) is 5.69. The van der Waals surface area contributed by atoms with Crippen molar-refractivity contribution in [3.63, 3.8) is 0 Å². The van der Waals surface area contributed by atoms with Gasteiger partial charge in [-0.05, 0) is 18.2 Å². The van der Waals surface area contributed by atoms with E-state index in [4.69, 9.17) is 4.74 Å². The number of hydrogen-bond acceptors (Lipinski definition) is 4. The molecule has 0 spiro atoms. The highest BCUT2D eigenvalue weighted by molar-refractivity contribution is 5.87. The molecule has 1 fully saturated rings. The zero-order valence-corrected chi connectivity index (χ0v) is 13.3. The van der Waals surface area contributed by atoms with Crippen molar-refractivity contribution < 1.29 is 18.7 Å². The molecule has 1 unspecified atom stereocenters. The summed E-state index contributed by atoms with van der Waals surface area (Å²) in [4.78, 5) is 32.7. The molecule has 128 valence electrons. The molecule has 8 heteroatoms. The number of H-pyrrole nitrogens is 1. The van der Waals surface area contributed by atoms with Crippen molar-refractivity contribution in [3.8, 4) is 0 Å². The van der Waals surface area contributed by atoms with Crippen LogP contribution in [0, 0.1) is 5.82 Å². The number of morpholine rings is 1. The zero-order chi connectivity index (χ0) is 17.1. The second-order valence-corrected chi connectivity index (χ2v) is 5.69. The topological polar surface area (TPSA) is 87.3 Å². The third kappa shape index (κ3) is 3.53. The number of benzene rings is 1. The van der Waals surface area contributed by atoms with Gasteiger partial charge in [0.2, 0.25) is 11.8 Å². The zero-order valence-electron chi connectivity index (χ0n) is 13.3. The lowest BCUT2D eigenvalue weighted by atomic mass is 10.2. The number of nitrogens with one attached hydrogen (secondary N) is 2. The van der Waals surface area contributed by atoms with Crippen molar-refractivity contribution in [2.45, 2.75) is 19.4 Å². The smallest absolute Gasteiger partial charge is 0.245 e. The number of carbonyl (C=O) groups is 2. The average Bonchev–Trinajstić information content (AvgIpc) is 2.96. The quantitative estimate of drug-likeness (QED) is 0.857. The van der Waals surface area contributed by atoms with Gasteiger partial charge < -0.3 is 19.9 Å². The van der Waals surface area contributed by atoms with Gasteiger partial charge in [-0.25, -0.2) is 9.37 Å². The van der Waals surface area contributed by atoms with Gasteiger partial charge in [-0.1, -0.05) is 0 Å². The first-order valence-corrected chi connectivity index (χ1v) is 7.81. The van der Waals surface area contributed by atoms with Gasteiger partial charge in [-0.3, -0.25) is 9.59 Å². The van der Waals surface area contributed by atoms with E-state index in [2.05, 4.69) is 15.3 Å². The van der Waals surface area contributed by atoms with E-state index < -0.39 is 6.04 Å². The van der Waals surface area contributed by atoms with E-state index in [9.17, 15) is 14.0 Å². The molecule has 24 heavy (non-hydrogen) atoms. The number of halogens is 1. The summed E-state index contributed by atoms with van der Waals surface area (Å²) in [6.45, 7) is 2.87. The van der Waals surface area contributed by atoms with E-state index in [1.165, 1.54) is 24.0 Å². The lowest BCUT2D eigenvalue weighted by Gasteiger charge is -2.33. The monoisotopic (exact) mass is 334 g/mol. The lowest BCUT2D eigenvalue weighted by molar-refractivity contribution is -0.146. The molecule has 2 heterocycles. The highest BCUT2D eigenvalue weighted by Gasteiger charge is 2.30. The number of aromatic nitrogens is 2. The molecule has 3 rings (SSSR count). The molecular weight excluding hydrogens is 315 g/mol. The van der Waals surface area contributed by atoms with Crippen molar-refractivity contribution in [1.82, 2.24) is 20.2 Å². The van der Waals surface area contributed by atoms with Gasteiger partial charge >= 0.3 is 0 Å². The highest BCUT2D eigenvalue weighted by Crippen LogP contribution is 2.13. The summed E-state index contributed by atoms with van der Waals surface area (Å²) in [5.41, 5.74) is 1.31. The van der Waals surface area contributed by atoms with Crippen LogP contribution in [0.25, 0.3) is 11.0 Å². The Morgan fingerprint density at radius 2 is 2.33 bits per heavy atom. The van der Waals surface area contributed by atoms with Crippen LogP contribution in [0.1, 0.15) is 12.7 Å². The molecule has 0 radical (unpaired) electrons. The standard InChI is InChI=1S/C16H19FN4O3/c1-10(22)21-6-7-24-9-14(21)16(23)18-5-4-15-19-12-3-2-11(17)8-13(12)20-15/h2-3,8,14H,4-7,9H2,1H3,(H,18,23)(H,19,20). The first-order valence-electron chi connectivity index (χ1n) is 7.81. The molecule has 1 aromatic carbocycles. The molecule has 2 N–H and O–H groups in total. The molecule has 1 atom stereocenters. The maximum atomic E-state index is 13.2. The first kappa shape index (κ1) is 16.4. The molecule has 0 saturated carbocycles. The van der Waals surface area contributed by atoms with Gasteiger partial charge in [0.05, 0.1) is 24.2 Å². The van der Waals surface area contributed by atoms with Gasteiger partial charge in [0.15, 0.2) is 0 Å². The van der Waals surface area contributed by atoms with Crippen molar-refractivity contribution in [2.24, 2.45) is 0 Å². The van der Waals surface area contributed by atoms with Crippen molar-refractivity contribution in [1.29, 1.82) is 0 Å². The van der Waals surface area contributed by atoms with Gasteiger partial charge in [0, 0.05) is 26.4 Å². The van der Waals surface area contributed by atoms with Gasteiger partial charge in [0.25, 0.3) is 0 Å². The van der Waals surface area contributed by atoms with Crippen LogP contribution in [0.3, 0.4) is 0 Å². The predicted molar refractivity (Wildman–Crippen MR) is 84.8 cm³/mol. The van der Waals surface area contributed by atoms with Crippen LogP contribution in [0.5, 0.6) is 0 Å². The molecule has 1 aliphatic rings. The summed E-state index contributed by atoms with van der Waals surface area (Å²) in [5, 5.41) is 2.79. The number of rotatable bonds is 4. The first-order chi connectivity index (χ1) is 11.5. The maximum absolute atomic E-state index is 13.2. The molecular formula is C16H19FN4O3. The number of hydrogen-bond donors (Lipinski definition) is 2. The highest BCUT2D eigenvalue weighted by atomic mass is 19.1. The van der Waals surface area contributed by atoms with Crippen LogP contribution < -0.4 is 5.32 Å². The summed E-state index contributed by atoms with van der Waals surface area (Å²) >= 11 is 0. The minimum absolute atomic E-state index is 0.141. The Kier molecular flexibility index (Phi) is 4.75. The Morgan fingerprint density at radius 1 is 1.50 bits per heavy atom. The average molecular weight is 334 g/mol. The third-order valence-electron chi connectivity index (χ3n) is 3.99. The van der Waals surface area contributed by atoms with E-state index in [0.29, 0.717) is 43.0 Å². The molecule has 1 aliphatic heterocycles. The van der Waals surface area contributed by atoms with Crippen LogP contribution in [0.2, 0.25) is 0 Å². The number of fused-ring (bicyclic) bond motifs is 1. The minimum Gasteiger partial charge on any atom is -0.377 e. The summed E-state index contributed by atoms with van der Waals surface area (Å²) in [6, 6.07) is 3.75. The third-order valence-corrected chi connectivity index (χ3v) is 3.99. The van der Waals surface area contributed by atoms with Crippen molar-refractivity contribution in [3.05, 3.63) is 29.8 Å². The van der Waals surface area contributed by atoms with Crippen molar-refractivity contribution in [2.75, 3.05) is 26.3 Å². The molecule has 7 nitrogen and oxygen atoms in total. The summed E-state index contributed by atoms with van der Waals surface area (Å²) in [6.07, 6.45) is 0.482. The van der Waals surface area contributed by atoms with E-state index in [1.807, 2.05) is 0 Å². The number of imidazole rings is 1. The fourth-order valence-corrected chi connectivity index (χ4v) is 2.77. The largest absolute Gasteiger partial charge is 0.377 e. The van der Waals surface area contributed by atoms with E-state index in [1.54, 1.807) is 6.07 Å². The normalized spacial score (nSPS) is 17.9. The van der Waals surface area contributed by atoms with Crippen LogP contribution in [0.4, 0.5) is 4.39 Å². The summed E-state index contributed by atoms with van der Waals surface area (Å²) in [5.74, 6) is -0.0448. The molecule has 2 aromatic rings. The number of ether oxygens (including phenoxy) is 1. The Morgan fingerprint density at radius 3 is 3.12 bits per heavy atom. The Balaban J connectivity index is 1.56. The van der Waals surface area contributed by atoms with Gasteiger partial charge in [0.1, 0.15) is 17.7 Å². The fourth-order valence-electron chi connectivity index (χ4n) is 2.77. The maximum Gasteiger partial charge on any atom is 0.245 e. The Labute approximate surface area is 138 Å². The number of amides is 2. The second kappa shape index (κ2) is 6.96. The Bertz CT molecular complexity index is 761. The minimum atomic E-state index is -0.596. The molecule has 2 amide bonds. The van der Waals surface area contributed by atoms with Crippen LogP contribution in [-0.2, 0) is 20.7 Å². The SMILES string of the molecule is CC(=O)N1CCOCC1C(=O)NCCc1nc2ccc(F)cc2[nH]1. The number of aromatic amines is 1. The van der Waals surface area contributed by atoms with Gasteiger partial charge in [-0.15, -0.1) is 0 Å².